The SMILES string of the molecule is COC(=O)c1ccccc1NC(=O)CSc1ccc(NC(=O)/C(=C/c2ccc(-c3ccccc3)cc2)NC(=O)c2ccccc2)cc1. The molecule has 0 aliphatic rings. The molecule has 0 atom stereocenters. The van der Waals surface area contributed by atoms with Crippen molar-refractivity contribution in [3.8, 4) is 11.1 Å². The van der Waals surface area contributed by atoms with Crippen molar-refractivity contribution in [3.63, 3.8) is 0 Å². The van der Waals surface area contributed by atoms with Gasteiger partial charge < -0.3 is 20.7 Å². The van der Waals surface area contributed by atoms with Gasteiger partial charge in [-0.1, -0.05) is 84.9 Å². The van der Waals surface area contributed by atoms with Crippen molar-refractivity contribution in [2.75, 3.05) is 23.5 Å². The predicted molar refractivity (Wildman–Crippen MR) is 186 cm³/mol. The normalized spacial score (nSPS) is 10.9. The Labute approximate surface area is 276 Å². The molecule has 0 unspecified atom stereocenters. The van der Waals surface area contributed by atoms with E-state index in [0.29, 0.717) is 16.9 Å². The molecule has 0 bridgehead atoms. The van der Waals surface area contributed by atoms with Crippen LogP contribution in [0.25, 0.3) is 17.2 Å². The largest absolute Gasteiger partial charge is 0.465 e. The smallest absolute Gasteiger partial charge is 0.339 e. The van der Waals surface area contributed by atoms with Crippen molar-refractivity contribution in [3.05, 3.63) is 156 Å². The van der Waals surface area contributed by atoms with Crippen LogP contribution in [-0.4, -0.2) is 36.6 Å². The molecule has 47 heavy (non-hydrogen) atoms. The molecular weight excluding hydrogens is 611 g/mol. The summed E-state index contributed by atoms with van der Waals surface area (Å²) in [5.74, 6) is -1.63. The van der Waals surface area contributed by atoms with Crippen LogP contribution in [-0.2, 0) is 14.3 Å². The molecule has 234 valence electrons. The van der Waals surface area contributed by atoms with Gasteiger partial charge in [0.1, 0.15) is 5.70 Å². The number of hydrogen-bond acceptors (Lipinski definition) is 6. The van der Waals surface area contributed by atoms with Gasteiger partial charge >= 0.3 is 5.97 Å². The summed E-state index contributed by atoms with van der Waals surface area (Å²) in [6, 6.07) is 40.0. The Morgan fingerprint density at radius 2 is 1.30 bits per heavy atom. The van der Waals surface area contributed by atoms with Gasteiger partial charge in [0, 0.05) is 16.1 Å². The summed E-state index contributed by atoms with van der Waals surface area (Å²) >= 11 is 1.30. The van der Waals surface area contributed by atoms with Gasteiger partial charge in [-0.05, 0) is 71.3 Å². The van der Waals surface area contributed by atoms with E-state index in [2.05, 4.69) is 16.0 Å². The minimum Gasteiger partial charge on any atom is -0.465 e. The Bertz CT molecular complexity index is 1890. The molecule has 9 heteroatoms. The summed E-state index contributed by atoms with van der Waals surface area (Å²) in [5, 5.41) is 8.35. The maximum Gasteiger partial charge on any atom is 0.339 e. The van der Waals surface area contributed by atoms with Crippen molar-refractivity contribution in [1.82, 2.24) is 5.32 Å². The van der Waals surface area contributed by atoms with E-state index in [9.17, 15) is 19.2 Å². The maximum atomic E-state index is 13.5. The highest BCUT2D eigenvalue weighted by Gasteiger charge is 2.16. The number of thioether (sulfide) groups is 1. The molecule has 8 nitrogen and oxygen atoms in total. The predicted octanol–water partition coefficient (Wildman–Crippen LogP) is 7.28. The Balaban J connectivity index is 1.25. The van der Waals surface area contributed by atoms with Crippen molar-refractivity contribution in [2.45, 2.75) is 4.90 Å². The maximum absolute atomic E-state index is 13.5. The number of hydrogen-bond donors (Lipinski definition) is 3. The van der Waals surface area contributed by atoms with Gasteiger partial charge in [-0.2, -0.15) is 0 Å². The van der Waals surface area contributed by atoms with Crippen LogP contribution in [0.3, 0.4) is 0 Å². The van der Waals surface area contributed by atoms with Gasteiger partial charge in [-0.25, -0.2) is 4.79 Å². The van der Waals surface area contributed by atoms with Crippen LogP contribution in [0.1, 0.15) is 26.3 Å². The lowest BCUT2D eigenvalue weighted by atomic mass is 10.0. The van der Waals surface area contributed by atoms with E-state index in [1.165, 1.54) is 18.9 Å². The monoisotopic (exact) mass is 641 g/mol. The standard InChI is InChI=1S/C38H31N3O5S/c1-46-38(45)32-14-8-9-15-33(32)40-35(42)25-47-31-22-20-30(21-23-31)39-37(44)34(41-36(43)29-12-6-3-7-13-29)24-26-16-18-28(19-17-26)27-10-4-2-5-11-27/h2-24H,25H2,1H3,(H,39,44)(H,40,42)(H,41,43)/b34-24-. The molecule has 0 aliphatic heterocycles. The van der Waals surface area contributed by atoms with Crippen LogP contribution in [0.4, 0.5) is 11.4 Å². The lowest BCUT2D eigenvalue weighted by molar-refractivity contribution is -0.114. The molecule has 0 fully saturated rings. The van der Waals surface area contributed by atoms with E-state index in [4.69, 9.17) is 4.74 Å². The first-order chi connectivity index (χ1) is 22.9. The number of rotatable bonds is 11. The fraction of sp³-hybridized carbons (Fsp3) is 0.0526. The van der Waals surface area contributed by atoms with Crippen molar-refractivity contribution < 1.29 is 23.9 Å². The van der Waals surface area contributed by atoms with Gasteiger partial charge in [0.25, 0.3) is 11.8 Å². The third kappa shape index (κ3) is 9.06. The number of amides is 3. The van der Waals surface area contributed by atoms with Crippen LogP contribution >= 0.6 is 11.8 Å². The second-order valence-corrected chi connectivity index (χ2v) is 11.3. The van der Waals surface area contributed by atoms with Crippen LogP contribution in [0.2, 0.25) is 0 Å². The van der Waals surface area contributed by atoms with Gasteiger partial charge in [0.2, 0.25) is 5.91 Å². The van der Waals surface area contributed by atoms with Crippen molar-refractivity contribution in [1.29, 1.82) is 0 Å². The molecule has 0 aromatic heterocycles. The number of para-hydroxylation sites is 1. The summed E-state index contributed by atoms with van der Waals surface area (Å²) in [4.78, 5) is 51.8. The zero-order valence-electron chi connectivity index (χ0n) is 25.4. The molecule has 0 aliphatic carbocycles. The summed E-state index contributed by atoms with van der Waals surface area (Å²) in [6.07, 6.45) is 1.63. The minimum absolute atomic E-state index is 0.0775. The van der Waals surface area contributed by atoms with Gasteiger partial charge in [0.05, 0.1) is 24.1 Å². The Hall–Kier alpha value is -5.93. The minimum atomic E-state index is -0.537. The molecular formula is C38H31N3O5S. The second kappa shape index (κ2) is 15.9. The molecule has 3 N–H and O–H groups in total. The first-order valence-electron chi connectivity index (χ1n) is 14.6. The van der Waals surface area contributed by atoms with Crippen molar-refractivity contribution in [2.24, 2.45) is 0 Å². The average Bonchev–Trinajstić information content (AvgIpc) is 3.12. The number of anilines is 2. The van der Waals surface area contributed by atoms with Crippen LogP contribution in [0.15, 0.2) is 144 Å². The van der Waals surface area contributed by atoms with E-state index in [1.807, 2.05) is 60.7 Å². The number of carbonyl (C=O) groups excluding carboxylic acids is 4. The molecule has 0 saturated carbocycles. The molecule has 5 aromatic rings. The number of carbonyl (C=O) groups is 4. The van der Waals surface area contributed by atoms with Crippen LogP contribution < -0.4 is 16.0 Å². The Kier molecular flexibility index (Phi) is 11.0. The Morgan fingerprint density at radius 3 is 1.98 bits per heavy atom. The van der Waals surface area contributed by atoms with Crippen molar-refractivity contribution >= 4 is 52.9 Å². The van der Waals surface area contributed by atoms with E-state index >= 15 is 0 Å². The Morgan fingerprint density at radius 1 is 0.681 bits per heavy atom. The topological polar surface area (TPSA) is 114 Å². The molecule has 0 spiro atoms. The first-order valence-corrected chi connectivity index (χ1v) is 15.6. The van der Waals surface area contributed by atoms with E-state index in [1.54, 1.807) is 78.9 Å². The van der Waals surface area contributed by atoms with Gasteiger partial charge in [-0.15, -0.1) is 11.8 Å². The van der Waals surface area contributed by atoms with Gasteiger partial charge in [-0.3, -0.25) is 14.4 Å². The molecule has 5 rings (SSSR count). The summed E-state index contributed by atoms with van der Waals surface area (Å²) in [6.45, 7) is 0. The second-order valence-electron chi connectivity index (χ2n) is 10.2. The molecule has 0 radical (unpaired) electrons. The zero-order chi connectivity index (χ0) is 33.0. The molecule has 0 heterocycles. The third-order valence-corrected chi connectivity index (χ3v) is 7.96. The van der Waals surface area contributed by atoms with E-state index < -0.39 is 17.8 Å². The quantitative estimate of drug-likeness (QED) is 0.0794. The van der Waals surface area contributed by atoms with E-state index in [-0.39, 0.29) is 22.9 Å². The highest BCUT2D eigenvalue weighted by Crippen LogP contribution is 2.23. The summed E-state index contributed by atoms with van der Waals surface area (Å²) < 4.78 is 4.78. The number of benzene rings is 5. The molecule has 3 amide bonds. The molecule has 5 aromatic carbocycles. The number of methoxy groups -OCH3 is 1. The van der Waals surface area contributed by atoms with Gasteiger partial charge in [0.15, 0.2) is 0 Å². The number of esters is 1. The highest BCUT2D eigenvalue weighted by atomic mass is 32.2. The number of ether oxygens (including phenoxy) is 1. The summed E-state index contributed by atoms with van der Waals surface area (Å²) in [5.41, 5.74) is 4.49. The van der Waals surface area contributed by atoms with E-state index in [0.717, 1.165) is 21.6 Å². The molecule has 0 saturated heterocycles. The highest BCUT2D eigenvalue weighted by molar-refractivity contribution is 8.00. The third-order valence-electron chi connectivity index (χ3n) is 6.95. The van der Waals surface area contributed by atoms with Crippen LogP contribution in [0.5, 0.6) is 0 Å². The summed E-state index contributed by atoms with van der Waals surface area (Å²) in [7, 11) is 1.28. The fourth-order valence-electron chi connectivity index (χ4n) is 4.56. The zero-order valence-corrected chi connectivity index (χ0v) is 26.3. The van der Waals surface area contributed by atoms with Crippen LogP contribution in [0, 0.1) is 0 Å². The first kappa shape index (κ1) is 32.5. The lowest BCUT2D eigenvalue weighted by Crippen LogP contribution is -2.30. The number of nitrogens with one attached hydrogen (secondary N) is 3. The average molecular weight is 642 g/mol. The lowest BCUT2D eigenvalue weighted by Gasteiger charge is -2.12. The fourth-order valence-corrected chi connectivity index (χ4v) is 5.26.